The van der Waals surface area contributed by atoms with Gasteiger partial charge in [-0.2, -0.15) is 4.98 Å². The van der Waals surface area contributed by atoms with Crippen molar-refractivity contribution in [1.29, 1.82) is 0 Å². The van der Waals surface area contributed by atoms with Gasteiger partial charge in [-0.15, -0.1) is 0 Å². The van der Waals surface area contributed by atoms with Crippen LogP contribution in [0.15, 0.2) is 10.7 Å². The molecule has 0 spiro atoms. The Kier molecular flexibility index (Phi) is 4.52. The first-order valence-electron chi connectivity index (χ1n) is 5.42. The number of morpholine rings is 1. The molecular weight excluding hydrogens is 288 g/mol. The van der Waals surface area contributed by atoms with Crippen molar-refractivity contribution in [2.75, 3.05) is 38.7 Å². The van der Waals surface area contributed by atoms with E-state index in [0.717, 1.165) is 24.2 Å². The van der Waals surface area contributed by atoms with Gasteiger partial charge in [0.15, 0.2) is 0 Å². The number of aromatic nitrogens is 2. The smallest absolute Gasteiger partial charge is 0.232 e. The predicted molar refractivity (Wildman–Crippen MR) is 67.4 cm³/mol. The van der Waals surface area contributed by atoms with Crippen LogP contribution in [0.4, 0.5) is 5.95 Å². The van der Waals surface area contributed by atoms with Crippen molar-refractivity contribution in [3.8, 4) is 5.88 Å². The van der Waals surface area contributed by atoms with Gasteiger partial charge in [0.25, 0.3) is 0 Å². The molecule has 1 fully saturated rings. The van der Waals surface area contributed by atoms with Crippen molar-refractivity contribution >= 4 is 21.9 Å². The van der Waals surface area contributed by atoms with Gasteiger partial charge in [-0.25, -0.2) is 4.98 Å². The van der Waals surface area contributed by atoms with Crippen LogP contribution in [0.5, 0.6) is 5.88 Å². The maximum absolute atomic E-state index is 5.56. The van der Waals surface area contributed by atoms with Crippen molar-refractivity contribution in [2.24, 2.45) is 0 Å². The maximum atomic E-state index is 5.56. The summed E-state index contributed by atoms with van der Waals surface area (Å²) in [5.74, 6) is 1.06. The molecule has 1 aromatic heterocycles. The molecule has 17 heavy (non-hydrogen) atoms. The number of methoxy groups -OCH3 is 1. The van der Waals surface area contributed by atoms with E-state index in [9.17, 15) is 0 Å². The first-order valence-corrected chi connectivity index (χ1v) is 6.21. The first kappa shape index (κ1) is 12.5. The highest BCUT2D eigenvalue weighted by atomic mass is 79.9. The second kappa shape index (κ2) is 6.13. The molecule has 1 unspecified atom stereocenters. The quantitative estimate of drug-likeness (QED) is 0.851. The van der Waals surface area contributed by atoms with Gasteiger partial charge in [-0.3, -0.25) is 0 Å². The maximum Gasteiger partial charge on any atom is 0.232 e. The number of halogens is 1. The Morgan fingerprint density at radius 1 is 1.71 bits per heavy atom. The zero-order valence-corrected chi connectivity index (χ0v) is 11.2. The SMILES string of the molecule is COc1nc(NCC2CNCCO2)ncc1Br. The van der Waals surface area contributed by atoms with Gasteiger partial charge >= 0.3 is 0 Å². The number of rotatable bonds is 4. The first-order chi connectivity index (χ1) is 8.29. The van der Waals surface area contributed by atoms with Crippen LogP contribution < -0.4 is 15.4 Å². The second-order valence-electron chi connectivity index (χ2n) is 3.63. The van der Waals surface area contributed by atoms with E-state index in [2.05, 4.69) is 36.5 Å². The molecule has 0 aromatic carbocycles. The lowest BCUT2D eigenvalue weighted by atomic mass is 10.3. The highest BCUT2D eigenvalue weighted by Crippen LogP contribution is 2.21. The van der Waals surface area contributed by atoms with Crippen LogP contribution in [0.3, 0.4) is 0 Å². The highest BCUT2D eigenvalue weighted by Gasteiger charge is 2.13. The Labute approximate surface area is 108 Å². The Balaban J connectivity index is 1.89. The zero-order valence-electron chi connectivity index (χ0n) is 9.57. The summed E-state index contributed by atoms with van der Waals surface area (Å²) < 4.78 is 11.4. The molecular formula is C10H15BrN4O2. The van der Waals surface area contributed by atoms with Gasteiger partial charge in [0, 0.05) is 19.6 Å². The third kappa shape index (κ3) is 3.52. The van der Waals surface area contributed by atoms with E-state index in [1.54, 1.807) is 13.3 Å². The van der Waals surface area contributed by atoms with Crippen molar-refractivity contribution in [2.45, 2.75) is 6.10 Å². The molecule has 2 heterocycles. The van der Waals surface area contributed by atoms with E-state index in [1.807, 2.05) is 0 Å². The average molecular weight is 303 g/mol. The Hall–Kier alpha value is -0.920. The lowest BCUT2D eigenvalue weighted by Gasteiger charge is -2.23. The number of nitrogens with one attached hydrogen (secondary N) is 2. The number of nitrogens with zero attached hydrogens (tertiary/aromatic N) is 2. The zero-order chi connectivity index (χ0) is 12.1. The van der Waals surface area contributed by atoms with Crippen LogP contribution >= 0.6 is 15.9 Å². The largest absolute Gasteiger partial charge is 0.480 e. The molecule has 94 valence electrons. The van der Waals surface area contributed by atoms with E-state index in [-0.39, 0.29) is 6.10 Å². The van der Waals surface area contributed by atoms with Gasteiger partial charge in [-0.1, -0.05) is 0 Å². The summed E-state index contributed by atoms with van der Waals surface area (Å²) in [4.78, 5) is 8.35. The van der Waals surface area contributed by atoms with E-state index >= 15 is 0 Å². The van der Waals surface area contributed by atoms with Crippen LogP contribution in [0, 0.1) is 0 Å². The third-order valence-corrected chi connectivity index (χ3v) is 2.94. The van der Waals surface area contributed by atoms with Crippen LogP contribution in [-0.2, 0) is 4.74 Å². The summed E-state index contributed by atoms with van der Waals surface area (Å²) in [7, 11) is 1.57. The topological polar surface area (TPSA) is 68.3 Å². The van der Waals surface area contributed by atoms with Crippen molar-refractivity contribution in [3.05, 3.63) is 10.7 Å². The summed E-state index contributed by atoms with van der Waals surface area (Å²) in [6.07, 6.45) is 1.82. The minimum Gasteiger partial charge on any atom is -0.480 e. The van der Waals surface area contributed by atoms with Gasteiger partial charge in [0.05, 0.1) is 30.5 Å². The number of hydrogen-bond donors (Lipinski definition) is 2. The molecule has 1 aliphatic heterocycles. The average Bonchev–Trinajstić information content (AvgIpc) is 2.39. The van der Waals surface area contributed by atoms with Gasteiger partial charge in [-0.05, 0) is 15.9 Å². The van der Waals surface area contributed by atoms with Crippen molar-refractivity contribution in [3.63, 3.8) is 0 Å². The predicted octanol–water partition coefficient (Wildman–Crippen LogP) is 0.648. The van der Waals surface area contributed by atoms with E-state index in [0.29, 0.717) is 18.4 Å². The van der Waals surface area contributed by atoms with Gasteiger partial charge in [0.2, 0.25) is 11.8 Å². The number of anilines is 1. The van der Waals surface area contributed by atoms with Crippen LogP contribution in [0.2, 0.25) is 0 Å². The molecule has 0 amide bonds. The molecule has 7 heteroatoms. The molecule has 1 saturated heterocycles. The third-order valence-electron chi connectivity index (χ3n) is 2.40. The summed E-state index contributed by atoms with van der Waals surface area (Å²) in [6.45, 7) is 3.19. The van der Waals surface area contributed by atoms with Crippen molar-refractivity contribution < 1.29 is 9.47 Å². The summed E-state index contributed by atoms with van der Waals surface area (Å²) in [5.41, 5.74) is 0. The van der Waals surface area contributed by atoms with E-state index in [4.69, 9.17) is 9.47 Å². The van der Waals surface area contributed by atoms with Gasteiger partial charge < -0.3 is 20.1 Å². The standard InChI is InChI=1S/C10H15BrN4O2/c1-16-9-8(11)6-14-10(15-9)13-5-7-4-12-2-3-17-7/h6-7,12H,2-5H2,1H3,(H,13,14,15). The molecule has 0 radical (unpaired) electrons. The normalized spacial score (nSPS) is 20.0. The van der Waals surface area contributed by atoms with E-state index in [1.165, 1.54) is 0 Å². The molecule has 0 bridgehead atoms. The Morgan fingerprint density at radius 3 is 3.29 bits per heavy atom. The second-order valence-corrected chi connectivity index (χ2v) is 4.48. The lowest BCUT2D eigenvalue weighted by molar-refractivity contribution is 0.0371. The minimum absolute atomic E-state index is 0.155. The highest BCUT2D eigenvalue weighted by molar-refractivity contribution is 9.10. The molecule has 6 nitrogen and oxygen atoms in total. The molecule has 0 saturated carbocycles. The van der Waals surface area contributed by atoms with Crippen LogP contribution in [-0.4, -0.2) is 49.4 Å². The fourth-order valence-electron chi connectivity index (χ4n) is 1.54. The summed E-state index contributed by atoms with van der Waals surface area (Å²) >= 11 is 3.31. The van der Waals surface area contributed by atoms with Gasteiger partial charge in [0.1, 0.15) is 0 Å². The fourth-order valence-corrected chi connectivity index (χ4v) is 1.89. The molecule has 2 N–H and O–H groups in total. The summed E-state index contributed by atoms with van der Waals surface area (Å²) in [6, 6.07) is 0. The lowest BCUT2D eigenvalue weighted by Crippen LogP contribution is -2.42. The minimum atomic E-state index is 0.155. The Bertz CT molecular complexity index is 371. The molecule has 0 aliphatic carbocycles. The monoisotopic (exact) mass is 302 g/mol. The number of ether oxygens (including phenoxy) is 2. The molecule has 1 atom stereocenters. The number of hydrogen-bond acceptors (Lipinski definition) is 6. The fraction of sp³-hybridized carbons (Fsp3) is 0.600. The summed E-state index contributed by atoms with van der Waals surface area (Å²) in [5, 5.41) is 6.39. The van der Waals surface area contributed by atoms with Crippen LogP contribution in [0.1, 0.15) is 0 Å². The molecule has 1 aromatic rings. The molecule has 2 rings (SSSR count). The Morgan fingerprint density at radius 2 is 2.59 bits per heavy atom. The van der Waals surface area contributed by atoms with Crippen molar-refractivity contribution in [1.82, 2.24) is 15.3 Å². The van der Waals surface area contributed by atoms with Crippen LogP contribution in [0.25, 0.3) is 0 Å². The van der Waals surface area contributed by atoms with E-state index < -0.39 is 0 Å². The molecule has 1 aliphatic rings.